The molecular weight excluding hydrogens is 202 g/mol. The van der Waals surface area contributed by atoms with Gasteiger partial charge < -0.3 is 0 Å². The van der Waals surface area contributed by atoms with Crippen LogP contribution in [0.1, 0.15) is 19.3 Å². The van der Waals surface area contributed by atoms with Gasteiger partial charge in [0.2, 0.25) is 0 Å². The Bertz CT molecular complexity index is 97.8. The van der Waals surface area contributed by atoms with Gasteiger partial charge in [-0.3, -0.25) is 0 Å². The van der Waals surface area contributed by atoms with Crippen LogP contribution in [0.3, 0.4) is 0 Å². The van der Waals surface area contributed by atoms with Crippen LogP contribution in [-0.2, 0) is 0 Å². The molecule has 0 N–H and O–H groups in total. The van der Waals surface area contributed by atoms with E-state index in [9.17, 15) is 8.78 Å². The van der Waals surface area contributed by atoms with Gasteiger partial charge in [-0.05, 0) is 18.8 Å². The SMILES string of the molecule is FC1CC(F)CC(CBr)C1. The van der Waals surface area contributed by atoms with Crippen molar-refractivity contribution in [3.63, 3.8) is 0 Å². The van der Waals surface area contributed by atoms with E-state index in [1.165, 1.54) is 0 Å². The molecule has 1 saturated carbocycles. The van der Waals surface area contributed by atoms with Crippen LogP contribution in [0, 0.1) is 5.92 Å². The summed E-state index contributed by atoms with van der Waals surface area (Å²) in [6.07, 6.45) is -0.640. The van der Waals surface area contributed by atoms with Gasteiger partial charge in [0, 0.05) is 11.8 Å². The van der Waals surface area contributed by atoms with E-state index in [0.29, 0.717) is 12.8 Å². The lowest BCUT2D eigenvalue weighted by Gasteiger charge is -2.25. The number of halogens is 3. The normalized spacial score (nSPS) is 41.7. The van der Waals surface area contributed by atoms with Crippen molar-refractivity contribution in [1.82, 2.24) is 0 Å². The smallest absolute Gasteiger partial charge is 0.103 e. The predicted octanol–water partition coefficient (Wildman–Crippen LogP) is 2.86. The van der Waals surface area contributed by atoms with Gasteiger partial charge in [-0.2, -0.15) is 0 Å². The van der Waals surface area contributed by atoms with E-state index in [1.807, 2.05) is 0 Å². The van der Waals surface area contributed by atoms with Gasteiger partial charge in [0.25, 0.3) is 0 Å². The number of alkyl halides is 3. The Labute approximate surface area is 68.1 Å². The van der Waals surface area contributed by atoms with Gasteiger partial charge in [-0.15, -0.1) is 0 Å². The minimum absolute atomic E-state index is 0.115. The zero-order valence-electron chi connectivity index (χ0n) is 5.69. The fraction of sp³-hybridized carbons (Fsp3) is 1.00. The highest BCUT2D eigenvalue weighted by molar-refractivity contribution is 9.09. The maximum atomic E-state index is 12.6. The highest BCUT2D eigenvalue weighted by Crippen LogP contribution is 2.29. The topological polar surface area (TPSA) is 0 Å². The van der Waals surface area contributed by atoms with Crippen molar-refractivity contribution in [1.29, 1.82) is 0 Å². The molecule has 0 radical (unpaired) electrons. The molecule has 3 heteroatoms. The highest BCUT2D eigenvalue weighted by Gasteiger charge is 2.27. The Balaban J connectivity index is 2.35. The van der Waals surface area contributed by atoms with E-state index in [0.717, 1.165) is 5.33 Å². The van der Waals surface area contributed by atoms with Gasteiger partial charge in [0.1, 0.15) is 12.3 Å². The molecule has 1 fully saturated rings. The molecule has 1 aliphatic rings. The molecule has 0 aromatic heterocycles. The van der Waals surface area contributed by atoms with E-state index < -0.39 is 12.3 Å². The first kappa shape index (κ1) is 8.44. The van der Waals surface area contributed by atoms with Gasteiger partial charge in [0.15, 0.2) is 0 Å². The van der Waals surface area contributed by atoms with Crippen molar-refractivity contribution in [2.75, 3.05) is 5.33 Å². The largest absolute Gasteiger partial charge is 0.247 e. The van der Waals surface area contributed by atoms with Gasteiger partial charge >= 0.3 is 0 Å². The Kier molecular flexibility index (Phi) is 3.08. The van der Waals surface area contributed by atoms with E-state index in [-0.39, 0.29) is 12.3 Å². The molecule has 0 bridgehead atoms. The molecule has 2 atom stereocenters. The molecule has 0 heterocycles. The maximum absolute atomic E-state index is 12.6. The van der Waals surface area contributed by atoms with Crippen molar-refractivity contribution in [2.24, 2.45) is 5.92 Å². The Morgan fingerprint density at radius 2 is 1.60 bits per heavy atom. The minimum Gasteiger partial charge on any atom is -0.247 e. The molecule has 0 aromatic rings. The van der Waals surface area contributed by atoms with Gasteiger partial charge in [0.05, 0.1) is 0 Å². The third-order valence-corrected chi connectivity index (χ3v) is 2.82. The number of hydrogen-bond acceptors (Lipinski definition) is 0. The molecule has 0 amide bonds. The molecule has 0 aliphatic heterocycles. The summed E-state index contributed by atoms with van der Waals surface area (Å²) < 4.78 is 25.2. The molecule has 0 aromatic carbocycles. The maximum Gasteiger partial charge on any atom is 0.103 e. The average molecular weight is 213 g/mol. The van der Waals surface area contributed by atoms with E-state index in [4.69, 9.17) is 0 Å². The van der Waals surface area contributed by atoms with Crippen LogP contribution in [0.5, 0.6) is 0 Å². The van der Waals surface area contributed by atoms with Crippen LogP contribution in [0.4, 0.5) is 8.78 Å². The van der Waals surface area contributed by atoms with Crippen LogP contribution in [0.25, 0.3) is 0 Å². The Morgan fingerprint density at radius 3 is 2.00 bits per heavy atom. The highest BCUT2D eigenvalue weighted by atomic mass is 79.9. The first-order valence-electron chi connectivity index (χ1n) is 3.56. The van der Waals surface area contributed by atoms with Crippen molar-refractivity contribution in [2.45, 2.75) is 31.6 Å². The van der Waals surface area contributed by atoms with Crippen molar-refractivity contribution in [3.8, 4) is 0 Å². The van der Waals surface area contributed by atoms with Gasteiger partial charge in [-0.1, -0.05) is 15.9 Å². The summed E-state index contributed by atoms with van der Waals surface area (Å²) in [5.74, 6) is 0.207. The summed E-state index contributed by atoms with van der Waals surface area (Å²) in [5.41, 5.74) is 0. The Morgan fingerprint density at radius 1 is 1.10 bits per heavy atom. The average Bonchev–Trinajstić information content (AvgIpc) is 1.85. The van der Waals surface area contributed by atoms with Crippen LogP contribution in [0.15, 0.2) is 0 Å². The lowest BCUT2D eigenvalue weighted by atomic mass is 9.88. The lowest BCUT2D eigenvalue weighted by molar-refractivity contribution is 0.125. The van der Waals surface area contributed by atoms with Crippen LogP contribution in [0.2, 0.25) is 0 Å². The second kappa shape index (κ2) is 3.65. The van der Waals surface area contributed by atoms with E-state index in [2.05, 4.69) is 15.9 Å². The molecule has 10 heavy (non-hydrogen) atoms. The Hall–Kier alpha value is 0.340. The molecule has 2 unspecified atom stereocenters. The van der Waals surface area contributed by atoms with Crippen molar-refractivity contribution < 1.29 is 8.78 Å². The summed E-state index contributed by atoms with van der Waals surface area (Å²) in [4.78, 5) is 0. The molecule has 0 nitrogen and oxygen atoms in total. The fourth-order valence-electron chi connectivity index (χ4n) is 1.42. The molecule has 60 valence electrons. The number of hydrogen-bond donors (Lipinski definition) is 0. The van der Waals surface area contributed by atoms with E-state index >= 15 is 0 Å². The first-order valence-corrected chi connectivity index (χ1v) is 4.68. The summed E-state index contributed by atoms with van der Waals surface area (Å²) in [6, 6.07) is 0. The molecule has 1 aliphatic carbocycles. The quantitative estimate of drug-likeness (QED) is 0.587. The van der Waals surface area contributed by atoms with Crippen LogP contribution >= 0.6 is 15.9 Å². The fourth-order valence-corrected chi connectivity index (χ4v) is 1.94. The monoisotopic (exact) mass is 212 g/mol. The third kappa shape index (κ3) is 2.19. The summed E-state index contributed by atoms with van der Waals surface area (Å²) in [6.45, 7) is 0. The zero-order chi connectivity index (χ0) is 7.56. The second-order valence-corrected chi connectivity index (χ2v) is 3.57. The molecular formula is C7H11BrF2. The van der Waals surface area contributed by atoms with Crippen LogP contribution < -0.4 is 0 Å². The van der Waals surface area contributed by atoms with E-state index in [1.54, 1.807) is 0 Å². The van der Waals surface area contributed by atoms with Crippen molar-refractivity contribution >= 4 is 15.9 Å². The lowest BCUT2D eigenvalue weighted by Crippen LogP contribution is -2.25. The number of rotatable bonds is 1. The minimum atomic E-state index is -0.911. The van der Waals surface area contributed by atoms with Crippen molar-refractivity contribution in [3.05, 3.63) is 0 Å². The summed E-state index contributed by atoms with van der Waals surface area (Å²) in [7, 11) is 0. The van der Waals surface area contributed by atoms with Gasteiger partial charge in [-0.25, -0.2) is 8.78 Å². The standard InChI is InChI=1S/C7H11BrF2/c8-4-5-1-6(9)3-7(10)2-5/h5-7H,1-4H2. The first-order chi connectivity index (χ1) is 4.72. The zero-order valence-corrected chi connectivity index (χ0v) is 7.28. The molecule has 0 spiro atoms. The second-order valence-electron chi connectivity index (χ2n) is 2.92. The molecule has 0 saturated heterocycles. The third-order valence-electron chi connectivity index (χ3n) is 1.91. The summed E-state index contributed by atoms with van der Waals surface area (Å²) >= 11 is 3.23. The van der Waals surface area contributed by atoms with Crippen LogP contribution in [-0.4, -0.2) is 17.7 Å². The summed E-state index contributed by atoms with van der Waals surface area (Å²) in [5, 5.41) is 0.730. The predicted molar refractivity (Wildman–Crippen MR) is 40.9 cm³/mol. The molecule has 1 rings (SSSR count).